The fourth-order valence-corrected chi connectivity index (χ4v) is 1.49. The molecule has 0 fully saturated rings. The molecule has 0 spiro atoms. The minimum atomic E-state index is -1.03. The van der Waals surface area contributed by atoms with Crippen molar-refractivity contribution in [1.82, 2.24) is 0 Å². The number of benzene rings is 1. The van der Waals surface area contributed by atoms with E-state index in [1.807, 2.05) is 0 Å². The second-order valence-corrected chi connectivity index (χ2v) is 3.44. The SMILES string of the molecule is NCCC1Oc2cc(F)c(F)cc2NC1=O. The molecule has 0 saturated heterocycles. The lowest BCUT2D eigenvalue weighted by Crippen LogP contribution is -2.38. The van der Waals surface area contributed by atoms with Crippen molar-refractivity contribution in [3.05, 3.63) is 23.8 Å². The molecule has 1 aromatic carbocycles. The number of carbonyl (C=O) groups excluding carboxylic acids is 1. The summed E-state index contributed by atoms with van der Waals surface area (Å²) in [5, 5.41) is 2.44. The van der Waals surface area contributed by atoms with Crippen molar-refractivity contribution < 1.29 is 18.3 Å². The molecule has 1 unspecified atom stereocenters. The van der Waals surface area contributed by atoms with E-state index in [2.05, 4.69) is 5.32 Å². The number of nitrogens with one attached hydrogen (secondary N) is 1. The fraction of sp³-hybridized carbons (Fsp3) is 0.300. The molecule has 2 rings (SSSR count). The predicted molar refractivity (Wildman–Crippen MR) is 53.1 cm³/mol. The molecule has 86 valence electrons. The predicted octanol–water partition coefficient (Wildman–Crippen LogP) is 1.01. The van der Waals surface area contributed by atoms with E-state index in [4.69, 9.17) is 10.5 Å². The van der Waals surface area contributed by atoms with Crippen molar-refractivity contribution in [2.24, 2.45) is 5.73 Å². The number of fused-ring (bicyclic) bond motifs is 1. The Balaban J connectivity index is 2.32. The van der Waals surface area contributed by atoms with Gasteiger partial charge in [-0.05, 0) is 6.54 Å². The molecule has 1 aliphatic rings. The first-order chi connectivity index (χ1) is 7.61. The van der Waals surface area contributed by atoms with Crippen LogP contribution in [0.25, 0.3) is 0 Å². The lowest BCUT2D eigenvalue weighted by atomic mass is 10.1. The third-order valence-corrected chi connectivity index (χ3v) is 2.27. The molecule has 1 aromatic rings. The van der Waals surface area contributed by atoms with Gasteiger partial charge in [-0.2, -0.15) is 0 Å². The fourth-order valence-electron chi connectivity index (χ4n) is 1.49. The van der Waals surface area contributed by atoms with E-state index >= 15 is 0 Å². The molecule has 0 bridgehead atoms. The van der Waals surface area contributed by atoms with Gasteiger partial charge in [0.25, 0.3) is 5.91 Å². The largest absolute Gasteiger partial charge is 0.478 e. The highest BCUT2D eigenvalue weighted by Gasteiger charge is 2.28. The maximum atomic E-state index is 12.9. The Labute approximate surface area is 90.4 Å². The third-order valence-electron chi connectivity index (χ3n) is 2.27. The molecule has 1 atom stereocenters. The van der Waals surface area contributed by atoms with Gasteiger partial charge in [-0.3, -0.25) is 4.79 Å². The zero-order valence-electron chi connectivity index (χ0n) is 8.30. The highest BCUT2D eigenvalue weighted by Crippen LogP contribution is 2.32. The third kappa shape index (κ3) is 1.83. The van der Waals surface area contributed by atoms with Gasteiger partial charge in [0.1, 0.15) is 5.75 Å². The number of ether oxygens (including phenoxy) is 1. The molecule has 0 aromatic heterocycles. The highest BCUT2D eigenvalue weighted by atomic mass is 19.2. The van der Waals surface area contributed by atoms with Gasteiger partial charge in [0.05, 0.1) is 5.69 Å². The lowest BCUT2D eigenvalue weighted by Gasteiger charge is -2.25. The van der Waals surface area contributed by atoms with Crippen LogP contribution in [0.2, 0.25) is 0 Å². The summed E-state index contributed by atoms with van der Waals surface area (Å²) in [7, 11) is 0. The van der Waals surface area contributed by atoms with E-state index in [0.29, 0.717) is 6.42 Å². The summed E-state index contributed by atoms with van der Waals surface area (Å²) in [6, 6.07) is 1.80. The van der Waals surface area contributed by atoms with Gasteiger partial charge in [0, 0.05) is 18.6 Å². The Kier molecular flexibility index (Phi) is 2.74. The van der Waals surface area contributed by atoms with Crippen molar-refractivity contribution in [2.75, 3.05) is 11.9 Å². The number of hydrogen-bond acceptors (Lipinski definition) is 3. The second-order valence-electron chi connectivity index (χ2n) is 3.44. The Morgan fingerprint density at radius 3 is 2.75 bits per heavy atom. The lowest BCUT2D eigenvalue weighted by molar-refractivity contribution is -0.123. The first-order valence-electron chi connectivity index (χ1n) is 4.78. The van der Waals surface area contributed by atoms with Gasteiger partial charge in [0.2, 0.25) is 0 Å². The Bertz CT molecular complexity index is 437. The molecule has 6 heteroatoms. The van der Waals surface area contributed by atoms with Crippen LogP contribution < -0.4 is 15.8 Å². The summed E-state index contributed by atoms with van der Waals surface area (Å²) in [5.74, 6) is -2.32. The van der Waals surface area contributed by atoms with Gasteiger partial charge in [-0.1, -0.05) is 0 Å². The number of carbonyl (C=O) groups is 1. The van der Waals surface area contributed by atoms with Crippen LogP contribution in [-0.2, 0) is 4.79 Å². The monoisotopic (exact) mass is 228 g/mol. The topological polar surface area (TPSA) is 64.3 Å². The standard InChI is InChI=1S/C10H10F2N2O2/c11-5-3-7-9(4-6(5)12)16-8(1-2-13)10(15)14-7/h3-4,8H,1-2,13H2,(H,14,15). The van der Waals surface area contributed by atoms with E-state index in [1.165, 1.54) is 0 Å². The normalized spacial score (nSPS) is 18.7. The summed E-state index contributed by atoms with van der Waals surface area (Å²) in [4.78, 5) is 11.4. The molecule has 0 aliphatic carbocycles. The Hall–Kier alpha value is -1.69. The summed E-state index contributed by atoms with van der Waals surface area (Å²) in [6.07, 6.45) is -0.424. The van der Waals surface area contributed by atoms with Crippen molar-refractivity contribution in [2.45, 2.75) is 12.5 Å². The van der Waals surface area contributed by atoms with Gasteiger partial charge < -0.3 is 15.8 Å². The van der Waals surface area contributed by atoms with Gasteiger partial charge in [-0.25, -0.2) is 8.78 Å². The van der Waals surface area contributed by atoms with Gasteiger partial charge in [-0.15, -0.1) is 0 Å². The van der Waals surface area contributed by atoms with Crippen molar-refractivity contribution in [3.8, 4) is 5.75 Å². The minimum Gasteiger partial charge on any atom is -0.478 e. The molecule has 3 N–H and O–H groups in total. The van der Waals surface area contributed by atoms with Crippen LogP contribution in [0, 0.1) is 11.6 Å². The van der Waals surface area contributed by atoms with Crippen LogP contribution in [0.5, 0.6) is 5.75 Å². The van der Waals surface area contributed by atoms with Crippen molar-refractivity contribution in [3.63, 3.8) is 0 Å². The van der Waals surface area contributed by atoms with E-state index in [9.17, 15) is 13.6 Å². The zero-order chi connectivity index (χ0) is 11.7. The first kappa shape index (κ1) is 10.8. The minimum absolute atomic E-state index is 0.122. The summed E-state index contributed by atoms with van der Waals surface area (Å²) >= 11 is 0. The molecule has 0 radical (unpaired) electrons. The zero-order valence-corrected chi connectivity index (χ0v) is 8.30. The Morgan fingerprint density at radius 2 is 2.06 bits per heavy atom. The summed E-state index contributed by atoms with van der Waals surface area (Å²) in [5.41, 5.74) is 5.44. The van der Waals surface area contributed by atoms with Crippen molar-refractivity contribution in [1.29, 1.82) is 0 Å². The van der Waals surface area contributed by atoms with E-state index in [0.717, 1.165) is 12.1 Å². The smallest absolute Gasteiger partial charge is 0.265 e. The molecule has 4 nitrogen and oxygen atoms in total. The second kappa shape index (κ2) is 4.05. The molecule has 1 amide bonds. The van der Waals surface area contributed by atoms with Crippen LogP contribution in [0.1, 0.15) is 6.42 Å². The number of rotatable bonds is 2. The maximum absolute atomic E-state index is 12.9. The van der Waals surface area contributed by atoms with E-state index < -0.39 is 23.6 Å². The number of halogens is 2. The molecule has 1 heterocycles. The first-order valence-corrected chi connectivity index (χ1v) is 4.78. The number of nitrogens with two attached hydrogens (primary N) is 1. The molecule has 0 saturated carbocycles. The van der Waals surface area contributed by atoms with Gasteiger partial charge in [0.15, 0.2) is 17.7 Å². The van der Waals surface area contributed by atoms with Crippen LogP contribution in [-0.4, -0.2) is 18.6 Å². The van der Waals surface area contributed by atoms with Crippen LogP contribution in [0.15, 0.2) is 12.1 Å². The summed E-state index contributed by atoms with van der Waals surface area (Å²) in [6.45, 7) is 0.275. The number of hydrogen-bond donors (Lipinski definition) is 2. The van der Waals surface area contributed by atoms with Crippen LogP contribution in [0.3, 0.4) is 0 Å². The number of amides is 1. The molecule has 16 heavy (non-hydrogen) atoms. The van der Waals surface area contributed by atoms with Gasteiger partial charge >= 0.3 is 0 Å². The average molecular weight is 228 g/mol. The molecule has 1 aliphatic heterocycles. The Morgan fingerprint density at radius 1 is 1.38 bits per heavy atom. The maximum Gasteiger partial charge on any atom is 0.265 e. The van der Waals surface area contributed by atoms with E-state index in [1.54, 1.807) is 0 Å². The van der Waals surface area contributed by atoms with E-state index in [-0.39, 0.29) is 18.0 Å². The highest BCUT2D eigenvalue weighted by molar-refractivity contribution is 5.97. The summed E-state index contributed by atoms with van der Waals surface area (Å²) < 4.78 is 31.0. The van der Waals surface area contributed by atoms with Crippen LogP contribution in [0.4, 0.5) is 14.5 Å². The van der Waals surface area contributed by atoms with Crippen LogP contribution >= 0.6 is 0 Å². The molecular weight excluding hydrogens is 218 g/mol. The molecular formula is C10H10F2N2O2. The average Bonchev–Trinajstić information content (AvgIpc) is 2.23. The quantitative estimate of drug-likeness (QED) is 0.794. The van der Waals surface area contributed by atoms with Crippen molar-refractivity contribution >= 4 is 11.6 Å². The number of anilines is 1.